The van der Waals surface area contributed by atoms with Gasteiger partial charge in [-0.1, -0.05) is 42.1 Å². The van der Waals surface area contributed by atoms with Gasteiger partial charge in [0.2, 0.25) is 0 Å². The highest BCUT2D eigenvalue weighted by molar-refractivity contribution is 7.99. The number of nitrogens with zero attached hydrogens (tertiary/aromatic N) is 1. The van der Waals surface area contributed by atoms with Crippen LogP contribution in [0.2, 0.25) is 0 Å². The Hall–Kier alpha value is -3.56. The van der Waals surface area contributed by atoms with Crippen molar-refractivity contribution < 1.29 is 14.3 Å². The number of rotatable bonds is 5. The molecular formula is C23H18N2O3S. The number of carbonyl (C=O) groups excluding carboxylic acids is 2. The molecule has 0 aliphatic rings. The van der Waals surface area contributed by atoms with Gasteiger partial charge in [-0.05, 0) is 48.9 Å². The minimum absolute atomic E-state index is 0.298. The lowest BCUT2D eigenvalue weighted by Gasteiger charge is -2.13. The van der Waals surface area contributed by atoms with Crippen molar-refractivity contribution in [2.24, 2.45) is 0 Å². The van der Waals surface area contributed by atoms with E-state index in [4.69, 9.17) is 4.74 Å². The summed E-state index contributed by atoms with van der Waals surface area (Å²) in [6.07, 6.45) is 0. The first-order chi connectivity index (χ1) is 14.0. The highest BCUT2D eigenvalue weighted by atomic mass is 32.2. The molecule has 6 heteroatoms. The molecule has 0 bridgehead atoms. The van der Waals surface area contributed by atoms with E-state index in [-0.39, 0.29) is 5.91 Å². The summed E-state index contributed by atoms with van der Waals surface area (Å²) < 4.78 is 4.75. The Morgan fingerprint density at radius 3 is 2.41 bits per heavy atom. The summed E-state index contributed by atoms with van der Waals surface area (Å²) >= 11 is 1.36. The molecule has 3 aromatic carbocycles. The fourth-order valence-corrected chi connectivity index (χ4v) is 3.73. The predicted octanol–water partition coefficient (Wildman–Crippen LogP) is 5.06. The third-order valence-corrected chi connectivity index (χ3v) is 5.42. The van der Waals surface area contributed by atoms with Crippen LogP contribution in [0.25, 0.3) is 0 Å². The highest BCUT2D eigenvalue weighted by Crippen LogP contribution is 2.33. The Morgan fingerprint density at radius 1 is 1.00 bits per heavy atom. The van der Waals surface area contributed by atoms with Crippen molar-refractivity contribution in [3.63, 3.8) is 0 Å². The van der Waals surface area contributed by atoms with Gasteiger partial charge >= 0.3 is 5.97 Å². The minimum atomic E-state index is -0.468. The van der Waals surface area contributed by atoms with Crippen LogP contribution in [0.4, 0.5) is 5.69 Å². The van der Waals surface area contributed by atoms with Gasteiger partial charge in [-0.15, -0.1) is 0 Å². The molecule has 0 atom stereocenters. The lowest BCUT2D eigenvalue weighted by molar-refractivity contribution is 0.0600. The SMILES string of the molecule is COC(=O)c1ccc(C)c(NC(=O)c2ccccc2Sc2ccccc2C#N)c1. The molecule has 0 unspecified atom stereocenters. The van der Waals surface area contributed by atoms with Crippen LogP contribution in [-0.2, 0) is 4.74 Å². The average Bonchev–Trinajstić information content (AvgIpc) is 2.75. The molecule has 3 aromatic rings. The van der Waals surface area contributed by atoms with Crippen LogP contribution in [0.15, 0.2) is 76.5 Å². The number of aryl methyl sites for hydroxylation is 1. The molecule has 3 rings (SSSR count). The fourth-order valence-electron chi connectivity index (χ4n) is 2.70. The number of ether oxygens (including phenoxy) is 1. The van der Waals surface area contributed by atoms with E-state index in [0.29, 0.717) is 22.4 Å². The van der Waals surface area contributed by atoms with E-state index < -0.39 is 5.97 Å². The van der Waals surface area contributed by atoms with E-state index in [9.17, 15) is 14.9 Å². The van der Waals surface area contributed by atoms with Crippen LogP contribution in [-0.4, -0.2) is 19.0 Å². The molecule has 0 aliphatic carbocycles. The number of nitriles is 1. The zero-order chi connectivity index (χ0) is 20.8. The average molecular weight is 402 g/mol. The van der Waals surface area contributed by atoms with Crippen LogP contribution < -0.4 is 5.32 Å². The third-order valence-electron chi connectivity index (χ3n) is 4.27. The minimum Gasteiger partial charge on any atom is -0.465 e. The molecule has 0 aliphatic heterocycles. The molecule has 0 radical (unpaired) electrons. The smallest absolute Gasteiger partial charge is 0.337 e. The van der Waals surface area contributed by atoms with E-state index in [1.165, 1.54) is 18.9 Å². The maximum absolute atomic E-state index is 13.0. The number of benzene rings is 3. The molecule has 0 fully saturated rings. The number of esters is 1. The second-order valence-corrected chi connectivity index (χ2v) is 7.27. The molecule has 1 amide bonds. The summed E-state index contributed by atoms with van der Waals surface area (Å²) in [7, 11) is 1.31. The van der Waals surface area contributed by atoms with Gasteiger partial charge in [0, 0.05) is 15.5 Å². The first kappa shape index (κ1) is 20.2. The van der Waals surface area contributed by atoms with Gasteiger partial charge in [0.1, 0.15) is 6.07 Å². The lowest BCUT2D eigenvalue weighted by Crippen LogP contribution is -2.14. The van der Waals surface area contributed by atoms with E-state index in [0.717, 1.165) is 15.4 Å². The van der Waals surface area contributed by atoms with Gasteiger partial charge in [-0.25, -0.2) is 4.79 Å². The number of nitrogens with one attached hydrogen (secondary N) is 1. The van der Waals surface area contributed by atoms with Crippen molar-refractivity contribution in [1.29, 1.82) is 5.26 Å². The van der Waals surface area contributed by atoms with Crippen LogP contribution in [0.5, 0.6) is 0 Å². The molecule has 0 saturated heterocycles. The molecule has 0 aromatic heterocycles. The van der Waals surface area contributed by atoms with E-state index in [2.05, 4.69) is 11.4 Å². The molecule has 29 heavy (non-hydrogen) atoms. The van der Waals surface area contributed by atoms with Crippen LogP contribution in [0.1, 0.15) is 31.8 Å². The lowest BCUT2D eigenvalue weighted by atomic mass is 10.1. The second kappa shape index (κ2) is 9.09. The Bertz CT molecular complexity index is 1120. The van der Waals surface area contributed by atoms with Crippen molar-refractivity contribution in [3.8, 4) is 6.07 Å². The van der Waals surface area contributed by atoms with Crippen molar-refractivity contribution in [2.75, 3.05) is 12.4 Å². The van der Waals surface area contributed by atoms with Gasteiger partial charge < -0.3 is 10.1 Å². The molecule has 144 valence electrons. The summed E-state index contributed by atoms with van der Waals surface area (Å²) in [4.78, 5) is 26.3. The maximum atomic E-state index is 13.0. The highest BCUT2D eigenvalue weighted by Gasteiger charge is 2.16. The Kier molecular flexibility index (Phi) is 6.32. The standard InChI is InChI=1S/C23H18N2O3S/c1-15-11-12-16(23(27)28-2)13-19(15)25-22(26)18-8-4-6-10-21(18)29-20-9-5-3-7-17(20)14-24/h3-13H,1-2H3,(H,25,26). The second-order valence-electron chi connectivity index (χ2n) is 6.18. The van der Waals surface area contributed by atoms with Crippen LogP contribution >= 0.6 is 11.8 Å². The maximum Gasteiger partial charge on any atom is 0.337 e. The number of hydrogen-bond acceptors (Lipinski definition) is 5. The van der Waals surface area contributed by atoms with Gasteiger partial charge in [-0.3, -0.25) is 4.79 Å². The number of methoxy groups -OCH3 is 1. The van der Waals surface area contributed by atoms with Crippen LogP contribution in [0, 0.1) is 18.3 Å². The predicted molar refractivity (Wildman–Crippen MR) is 112 cm³/mol. The monoisotopic (exact) mass is 402 g/mol. The largest absolute Gasteiger partial charge is 0.465 e. The summed E-state index contributed by atoms with van der Waals surface area (Å²) in [6.45, 7) is 1.85. The van der Waals surface area contributed by atoms with E-state index in [1.54, 1.807) is 42.5 Å². The van der Waals surface area contributed by atoms with Crippen molar-refractivity contribution in [2.45, 2.75) is 16.7 Å². The molecule has 1 N–H and O–H groups in total. The summed E-state index contributed by atoms with van der Waals surface area (Å²) in [5.41, 5.74) is 2.75. The van der Waals surface area contributed by atoms with Crippen molar-refractivity contribution in [1.82, 2.24) is 0 Å². The zero-order valence-corrected chi connectivity index (χ0v) is 16.7. The van der Waals surface area contributed by atoms with Crippen molar-refractivity contribution in [3.05, 3.63) is 89.0 Å². The molecular weight excluding hydrogens is 384 g/mol. The Labute approximate surface area is 173 Å². The first-order valence-corrected chi connectivity index (χ1v) is 9.61. The van der Waals surface area contributed by atoms with E-state index >= 15 is 0 Å². The van der Waals surface area contributed by atoms with E-state index in [1.807, 2.05) is 31.2 Å². The van der Waals surface area contributed by atoms with Crippen molar-refractivity contribution >= 4 is 29.3 Å². The van der Waals surface area contributed by atoms with Gasteiger partial charge in [-0.2, -0.15) is 5.26 Å². The summed E-state index contributed by atoms with van der Waals surface area (Å²) in [5, 5.41) is 12.2. The summed E-state index contributed by atoms with van der Waals surface area (Å²) in [6, 6.07) is 21.6. The zero-order valence-electron chi connectivity index (χ0n) is 15.9. The van der Waals surface area contributed by atoms with Gasteiger partial charge in [0.15, 0.2) is 0 Å². The quantitative estimate of drug-likeness (QED) is 0.604. The third kappa shape index (κ3) is 4.65. The Morgan fingerprint density at radius 2 is 1.69 bits per heavy atom. The number of carbonyl (C=O) groups is 2. The number of anilines is 1. The first-order valence-electron chi connectivity index (χ1n) is 8.80. The number of hydrogen-bond donors (Lipinski definition) is 1. The summed E-state index contributed by atoms with van der Waals surface area (Å²) in [5.74, 6) is -0.766. The van der Waals surface area contributed by atoms with Gasteiger partial charge in [0.05, 0.1) is 23.8 Å². The molecule has 5 nitrogen and oxygen atoms in total. The number of amides is 1. The van der Waals surface area contributed by atoms with Crippen LogP contribution in [0.3, 0.4) is 0 Å². The molecule has 0 spiro atoms. The molecule has 0 heterocycles. The normalized spacial score (nSPS) is 10.1. The van der Waals surface area contributed by atoms with Gasteiger partial charge in [0.25, 0.3) is 5.91 Å². The fraction of sp³-hybridized carbons (Fsp3) is 0.0870. The topological polar surface area (TPSA) is 79.2 Å². The molecule has 0 saturated carbocycles. The Balaban J connectivity index is 1.90.